The van der Waals surface area contributed by atoms with Gasteiger partial charge in [0.2, 0.25) is 5.91 Å². The molecule has 0 radical (unpaired) electrons. The van der Waals surface area contributed by atoms with Crippen molar-refractivity contribution in [2.24, 2.45) is 5.73 Å². The molecule has 138 valence electrons. The molecular weight excluding hydrogens is 350 g/mol. The van der Waals surface area contributed by atoms with Crippen LogP contribution in [0.1, 0.15) is 40.7 Å². The molecule has 0 spiro atoms. The molecule has 0 aliphatic carbocycles. The van der Waals surface area contributed by atoms with Crippen LogP contribution in [0.15, 0.2) is 48.5 Å². The molecule has 26 heavy (non-hydrogen) atoms. The minimum atomic E-state index is -0.112. The molecule has 5 nitrogen and oxygen atoms in total. The van der Waals surface area contributed by atoms with Crippen LogP contribution in [0.5, 0.6) is 0 Å². The van der Waals surface area contributed by atoms with E-state index in [2.05, 4.69) is 5.32 Å². The summed E-state index contributed by atoms with van der Waals surface area (Å²) in [6.07, 6.45) is 2.65. The molecule has 0 atom stereocenters. The van der Waals surface area contributed by atoms with Crippen LogP contribution >= 0.6 is 12.4 Å². The van der Waals surface area contributed by atoms with Gasteiger partial charge in [-0.25, -0.2) is 0 Å². The lowest BCUT2D eigenvalue weighted by Gasteiger charge is -2.26. The third-order valence-electron chi connectivity index (χ3n) is 4.48. The highest BCUT2D eigenvalue weighted by Gasteiger charge is 2.19. The minimum absolute atomic E-state index is 0. The van der Waals surface area contributed by atoms with Crippen LogP contribution in [-0.4, -0.2) is 18.4 Å². The Morgan fingerprint density at radius 3 is 2.27 bits per heavy atom. The summed E-state index contributed by atoms with van der Waals surface area (Å²) >= 11 is 0. The average Bonchev–Trinajstić information content (AvgIpc) is 2.67. The van der Waals surface area contributed by atoms with Crippen LogP contribution < -0.4 is 16.0 Å². The Hall–Kier alpha value is -2.37. The van der Waals surface area contributed by atoms with Crippen LogP contribution in [0.3, 0.4) is 0 Å². The summed E-state index contributed by atoms with van der Waals surface area (Å²) in [7, 11) is 0. The van der Waals surface area contributed by atoms with Crippen molar-refractivity contribution in [3.8, 4) is 0 Å². The predicted octanol–water partition coefficient (Wildman–Crippen LogP) is 3.01. The molecule has 1 aliphatic rings. The number of nitrogens with zero attached hydrogens (tertiary/aromatic N) is 1. The number of carbonyl (C=O) groups excluding carboxylic acids is 2. The summed E-state index contributed by atoms with van der Waals surface area (Å²) in [5, 5.41) is 2.91. The zero-order valence-corrected chi connectivity index (χ0v) is 15.4. The first-order valence-corrected chi connectivity index (χ1v) is 8.64. The third-order valence-corrected chi connectivity index (χ3v) is 4.48. The first-order valence-electron chi connectivity index (χ1n) is 8.64. The number of anilines is 1. The van der Waals surface area contributed by atoms with E-state index < -0.39 is 0 Å². The number of nitrogens with one attached hydrogen (secondary N) is 1. The number of amides is 2. The molecule has 1 saturated heterocycles. The summed E-state index contributed by atoms with van der Waals surface area (Å²) in [6.45, 7) is 1.70. The molecule has 1 fully saturated rings. The van der Waals surface area contributed by atoms with Crippen molar-refractivity contribution in [2.45, 2.75) is 32.4 Å². The van der Waals surface area contributed by atoms with Gasteiger partial charge in [-0.2, -0.15) is 0 Å². The molecule has 6 heteroatoms. The minimum Gasteiger partial charge on any atom is -0.348 e. The molecule has 0 aromatic heterocycles. The van der Waals surface area contributed by atoms with Crippen LogP contribution in [0, 0.1) is 0 Å². The molecule has 0 bridgehead atoms. The lowest BCUT2D eigenvalue weighted by atomic mass is 10.1. The Bertz CT molecular complexity index is 745. The average molecular weight is 374 g/mol. The van der Waals surface area contributed by atoms with Gasteiger partial charge in [0.1, 0.15) is 0 Å². The standard InChI is InChI=1S/C20H23N3O2.ClH/c21-13-15-4-8-17(9-5-15)20(25)22-14-16-6-10-18(11-7-16)23-12-2-1-3-19(23)24;/h4-11H,1-3,12-14,21H2,(H,22,25);1H. The summed E-state index contributed by atoms with van der Waals surface area (Å²) in [6, 6.07) is 15.1. The SMILES string of the molecule is Cl.NCc1ccc(C(=O)NCc2ccc(N3CCCCC3=O)cc2)cc1. The number of carbonyl (C=O) groups is 2. The van der Waals surface area contributed by atoms with Crippen molar-refractivity contribution in [3.63, 3.8) is 0 Å². The Balaban J connectivity index is 0.00000243. The maximum atomic E-state index is 12.2. The van der Waals surface area contributed by atoms with Crippen molar-refractivity contribution in [1.82, 2.24) is 5.32 Å². The van der Waals surface area contributed by atoms with E-state index in [1.165, 1.54) is 0 Å². The molecule has 2 aromatic rings. The molecule has 1 aliphatic heterocycles. The second-order valence-corrected chi connectivity index (χ2v) is 6.25. The maximum absolute atomic E-state index is 12.2. The van der Waals surface area contributed by atoms with E-state index in [1.807, 2.05) is 41.3 Å². The van der Waals surface area contributed by atoms with E-state index in [1.54, 1.807) is 12.1 Å². The number of hydrogen-bond acceptors (Lipinski definition) is 3. The number of halogens is 1. The highest BCUT2D eigenvalue weighted by Crippen LogP contribution is 2.21. The van der Waals surface area contributed by atoms with Crippen LogP contribution in [0.25, 0.3) is 0 Å². The quantitative estimate of drug-likeness (QED) is 0.845. The van der Waals surface area contributed by atoms with E-state index in [0.717, 1.165) is 36.2 Å². The Morgan fingerprint density at radius 1 is 1.00 bits per heavy atom. The van der Waals surface area contributed by atoms with Crippen molar-refractivity contribution >= 4 is 29.9 Å². The van der Waals surface area contributed by atoms with E-state index in [-0.39, 0.29) is 24.2 Å². The van der Waals surface area contributed by atoms with Gasteiger partial charge in [0, 0.05) is 37.3 Å². The van der Waals surface area contributed by atoms with Crippen LogP contribution in [-0.2, 0) is 17.9 Å². The molecule has 0 unspecified atom stereocenters. The molecule has 3 N–H and O–H groups in total. The van der Waals surface area contributed by atoms with E-state index in [0.29, 0.717) is 25.1 Å². The van der Waals surface area contributed by atoms with Crippen molar-refractivity contribution < 1.29 is 9.59 Å². The molecule has 3 rings (SSSR count). The number of nitrogens with two attached hydrogens (primary N) is 1. The first kappa shape index (κ1) is 19.9. The molecule has 2 amide bonds. The predicted molar refractivity (Wildman–Crippen MR) is 105 cm³/mol. The van der Waals surface area contributed by atoms with Gasteiger partial charge in [-0.05, 0) is 48.2 Å². The van der Waals surface area contributed by atoms with E-state index in [4.69, 9.17) is 5.73 Å². The lowest BCUT2D eigenvalue weighted by Crippen LogP contribution is -2.35. The lowest BCUT2D eigenvalue weighted by molar-refractivity contribution is -0.119. The fraction of sp³-hybridized carbons (Fsp3) is 0.300. The van der Waals surface area contributed by atoms with Gasteiger partial charge < -0.3 is 16.0 Å². The van der Waals surface area contributed by atoms with Gasteiger partial charge in [-0.3, -0.25) is 9.59 Å². The topological polar surface area (TPSA) is 75.4 Å². The number of rotatable bonds is 5. The highest BCUT2D eigenvalue weighted by molar-refractivity contribution is 5.94. The summed E-state index contributed by atoms with van der Waals surface area (Å²) < 4.78 is 0. The molecule has 0 saturated carbocycles. The second kappa shape index (κ2) is 9.36. The Labute approximate surface area is 160 Å². The Kier molecular flexibility index (Phi) is 7.18. The van der Waals surface area contributed by atoms with Crippen molar-refractivity contribution in [2.75, 3.05) is 11.4 Å². The maximum Gasteiger partial charge on any atom is 0.251 e. The van der Waals surface area contributed by atoms with Gasteiger partial charge in [0.25, 0.3) is 5.91 Å². The largest absolute Gasteiger partial charge is 0.348 e. The number of hydrogen-bond donors (Lipinski definition) is 2. The number of benzene rings is 2. The smallest absolute Gasteiger partial charge is 0.251 e. The second-order valence-electron chi connectivity index (χ2n) is 6.25. The molecule has 1 heterocycles. The normalized spacial score (nSPS) is 13.9. The van der Waals surface area contributed by atoms with Gasteiger partial charge in [0.05, 0.1) is 0 Å². The number of piperidine rings is 1. The van der Waals surface area contributed by atoms with Gasteiger partial charge in [0.15, 0.2) is 0 Å². The van der Waals surface area contributed by atoms with Crippen LogP contribution in [0.4, 0.5) is 5.69 Å². The first-order chi connectivity index (χ1) is 12.2. The van der Waals surface area contributed by atoms with E-state index in [9.17, 15) is 9.59 Å². The fourth-order valence-corrected chi connectivity index (χ4v) is 2.95. The van der Waals surface area contributed by atoms with Gasteiger partial charge >= 0.3 is 0 Å². The van der Waals surface area contributed by atoms with Gasteiger partial charge in [-0.1, -0.05) is 24.3 Å². The molecular formula is C20H24ClN3O2. The summed E-state index contributed by atoms with van der Waals surface area (Å²) in [5.74, 6) is 0.0760. The van der Waals surface area contributed by atoms with E-state index >= 15 is 0 Å². The summed E-state index contributed by atoms with van der Waals surface area (Å²) in [5.41, 5.74) is 9.11. The zero-order valence-electron chi connectivity index (χ0n) is 14.6. The molecule has 2 aromatic carbocycles. The fourth-order valence-electron chi connectivity index (χ4n) is 2.95. The summed E-state index contributed by atoms with van der Waals surface area (Å²) in [4.78, 5) is 26.0. The highest BCUT2D eigenvalue weighted by atomic mass is 35.5. The van der Waals surface area contributed by atoms with Crippen LogP contribution in [0.2, 0.25) is 0 Å². The third kappa shape index (κ3) is 4.84. The zero-order chi connectivity index (χ0) is 17.6. The van der Waals surface area contributed by atoms with Crippen molar-refractivity contribution in [3.05, 3.63) is 65.2 Å². The monoisotopic (exact) mass is 373 g/mol. The Morgan fingerprint density at radius 2 is 1.65 bits per heavy atom. The van der Waals surface area contributed by atoms with Crippen molar-refractivity contribution in [1.29, 1.82) is 0 Å². The van der Waals surface area contributed by atoms with Gasteiger partial charge in [-0.15, -0.1) is 12.4 Å².